The molecule has 0 fully saturated rings. The van der Waals surface area contributed by atoms with Crippen LogP contribution in [0.15, 0.2) is 61.2 Å². The van der Waals surface area contributed by atoms with Gasteiger partial charge in [-0.1, -0.05) is 80.3 Å². The van der Waals surface area contributed by atoms with Crippen LogP contribution in [0.25, 0.3) is 12.2 Å². The number of hydrogen-bond acceptors (Lipinski definition) is 0. The standard InChI is InChI=1S/C18H20/c1-3-16-10-6-7-11-17(16)12-15-18(4-2)13-8-5-9-14-18/h3,5-13,15H,1,4,14H2,2H3. The van der Waals surface area contributed by atoms with Gasteiger partial charge >= 0.3 is 0 Å². The minimum absolute atomic E-state index is 0.184. The average Bonchev–Trinajstić information content (AvgIpc) is 2.46. The van der Waals surface area contributed by atoms with Crippen LogP contribution in [0.4, 0.5) is 0 Å². The lowest BCUT2D eigenvalue weighted by Crippen LogP contribution is -2.13. The van der Waals surface area contributed by atoms with Gasteiger partial charge in [0.2, 0.25) is 0 Å². The Labute approximate surface area is 110 Å². The van der Waals surface area contributed by atoms with Crippen LogP contribution in [0.5, 0.6) is 0 Å². The second-order valence-corrected chi connectivity index (χ2v) is 4.74. The highest BCUT2D eigenvalue weighted by Gasteiger charge is 2.21. The zero-order valence-corrected chi connectivity index (χ0v) is 11.0. The van der Waals surface area contributed by atoms with Gasteiger partial charge in [0.1, 0.15) is 0 Å². The Bertz CT molecular complexity index is 503. The van der Waals surface area contributed by atoms with E-state index < -0.39 is 0 Å². The Morgan fingerprint density at radius 3 is 2.61 bits per heavy atom. The van der Waals surface area contributed by atoms with Crippen LogP contribution in [0.3, 0.4) is 0 Å². The second-order valence-electron chi connectivity index (χ2n) is 4.74. The predicted octanol–water partition coefficient (Wildman–Crippen LogP) is 5.26. The largest absolute Gasteiger partial charge is 0.0984 e. The van der Waals surface area contributed by atoms with Gasteiger partial charge in [-0.05, 0) is 24.0 Å². The van der Waals surface area contributed by atoms with E-state index >= 15 is 0 Å². The average molecular weight is 236 g/mol. The smallest absolute Gasteiger partial charge is 0.00992 e. The molecular formula is C18H20. The lowest BCUT2D eigenvalue weighted by Gasteiger charge is -2.26. The number of rotatable bonds is 4. The van der Waals surface area contributed by atoms with E-state index in [1.807, 2.05) is 12.1 Å². The molecule has 0 N–H and O–H groups in total. The number of benzene rings is 1. The summed E-state index contributed by atoms with van der Waals surface area (Å²) in [5.41, 5.74) is 2.61. The van der Waals surface area contributed by atoms with Crippen molar-refractivity contribution in [1.29, 1.82) is 0 Å². The first-order chi connectivity index (χ1) is 8.79. The molecule has 1 aliphatic carbocycles. The molecular weight excluding hydrogens is 216 g/mol. The van der Waals surface area contributed by atoms with Crippen molar-refractivity contribution in [2.75, 3.05) is 0 Å². The van der Waals surface area contributed by atoms with Crippen LogP contribution in [-0.2, 0) is 0 Å². The molecule has 1 atom stereocenters. The molecule has 1 unspecified atom stereocenters. The fourth-order valence-electron chi connectivity index (χ4n) is 2.29. The van der Waals surface area contributed by atoms with Crippen molar-refractivity contribution in [3.63, 3.8) is 0 Å². The van der Waals surface area contributed by atoms with Crippen LogP contribution >= 0.6 is 0 Å². The monoisotopic (exact) mass is 236 g/mol. The summed E-state index contributed by atoms with van der Waals surface area (Å²) < 4.78 is 0. The molecule has 0 aromatic heterocycles. The lowest BCUT2D eigenvalue weighted by atomic mass is 9.78. The Morgan fingerprint density at radius 1 is 1.22 bits per heavy atom. The van der Waals surface area contributed by atoms with Gasteiger partial charge < -0.3 is 0 Å². The summed E-state index contributed by atoms with van der Waals surface area (Å²) in [5, 5.41) is 0. The fraction of sp³-hybridized carbons (Fsp3) is 0.222. The summed E-state index contributed by atoms with van der Waals surface area (Å²) in [5.74, 6) is 0. The van der Waals surface area contributed by atoms with E-state index in [0.29, 0.717) is 0 Å². The highest BCUT2D eigenvalue weighted by atomic mass is 14.2. The van der Waals surface area contributed by atoms with Crippen molar-refractivity contribution in [2.24, 2.45) is 5.41 Å². The lowest BCUT2D eigenvalue weighted by molar-refractivity contribution is 0.478. The van der Waals surface area contributed by atoms with Crippen molar-refractivity contribution in [2.45, 2.75) is 19.8 Å². The van der Waals surface area contributed by atoms with E-state index in [2.05, 4.69) is 68.2 Å². The molecule has 18 heavy (non-hydrogen) atoms. The third-order valence-corrected chi connectivity index (χ3v) is 3.64. The van der Waals surface area contributed by atoms with E-state index in [1.54, 1.807) is 0 Å². The maximum absolute atomic E-state index is 3.86. The molecule has 0 aliphatic heterocycles. The SMILES string of the molecule is C=Cc1ccccc1C=CC1(CC)C=CC=CC1. The number of allylic oxidation sites excluding steroid dienone is 5. The summed E-state index contributed by atoms with van der Waals surface area (Å²) in [7, 11) is 0. The maximum atomic E-state index is 3.86. The molecule has 1 aromatic carbocycles. The Balaban J connectivity index is 2.26. The summed E-state index contributed by atoms with van der Waals surface area (Å²) in [6.07, 6.45) is 17.5. The van der Waals surface area contributed by atoms with E-state index in [9.17, 15) is 0 Å². The molecule has 0 heteroatoms. The molecule has 2 rings (SSSR count). The predicted molar refractivity (Wildman–Crippen MR) is 81.2 cm³/mol. The van der Waals surface area contributed by atoms with Gasteiger partial charge in [-0.25, -0.2) is 0 Å². The first-order valence-electron chi connectivity index (χ1n) is 6.55. The van der Waals surface area contributed by atoms with Gasteiger partial charge in [-0.2, -0.15) is 0 Å². The highest BCUT2D eigenvalue weighted by Crippen LogP contribution is 2.34. The Morgan fingerprint density at radius 2 is 2.00 bits per heavy atom. The first kappa shape index (κ1) is 12.6. The van der Waals surface area contributed by atoms with Crippen LogP contribution in [0, 0.1) is 5.41 Å². The van der Waals surface area contributed by atoms with Crippen molar-refractivity contribution in [3.05, 3.63) is 72.4 Å². The molecule has 1 aromatic rings. The normalized spacial score (nSPS) is 22.5. The van der Waals surface area contributed by atoms with Gasteiger partial charge in [0.25, 0.3) is 0 Å². The summed E-state index contributed by atoms with van der Waals surface area (Å²) in [4.78, 5) is 0. The van der Waals surface area contributed by atoms with Crippen LogP contribution in [-0.4, -0.2) is 0 Å². The molecule has 0 radical (unpaired) electrons. The Kier molecular flexibility index (Phi) is 3.99. The molecule has 0 saturated carbocycles. The topological polar surface area (TPSA) is 0 Å². The summed E-state index contributed by atoms with van der Waals surface area (Å²) >= 11 is 0. The molecule has 0 nitrogen and oxygen atoms in total. The van der Waals surface area contributed by atoms with Gasteiger partial charge in [0, 0.05) is 5.41 Å². The maximum Gasteiger partial charge on any atom is 0.00992 e. The van der Waals surface area contributed by atoms with E-state index in [-0.39, 0.29) is 5.41 Å². The fourth-order valence-corrected chi connectivity index (χ4v) is 2.29. The van der Waals surface area contributed by atoms with Gasteiger partial charge in [-0.3, -0.25) is 0 Å². The Hall–Kier alpha value is -1.82. The van der Waals surface area contributed by atoms with E-state index in [4.69, 9.17) is 0 Å². The van der Waals surface area contributed by atoms with Gasteiger partial charge in [-0.15, -0.1) is 0 Å². The van der Waals surface area contributed by atoms with Gasteiger partial charge in [0.15, 0.2) is 0 Å². The third-order valence-electron chi connectivity index (χ3n) is 3.64. The molecule has 0 saturated heterocycles. The van der Waals surface area contributed by atoms with Crippen molar-refractivity contribution in [1.82, 2.24) is 0 Å². The van der Waals surface area contributed by atoms with Crippen molar-refractivity contribution >= 4 is 12.2 Å². The van der Waals surface area contributed by atoms with Crippen LogP contribution < -0.4 is 0 Å². The van der Waals surface area contributed by atoms with Crippen molar-refractivity contribution < 1.29 is 0 Å². The summed E-state index contributed by atoms with van der Waals surface area (Å²) in [6.45, 7) is 6.11. The molecule has 0 amide bonds. The highest BCUT2D eigenvalue weighted by molar-refractivity contribution is 5.64. The summed E-state index contributed by atoms with van der Waals surface area (Å²) in [6, 6.07) is 8.36. The molecule has 92 valence electrons. The van der Waals surface area contributed by atoms with E-state index in [0.717, 1.165) is 12.8 Å². The second kappa shape index (κ2) is 5.68. The van der Waals surface area contributed by atoms with Crippen LogP contribution in [0.2, 0.25) is 0 Å². The van der Waals surface area contributed by atoms with E-state index in [1.165, 1.54) is 11.1 Å². The van der Waals surface area contributed by atoms with Crippen LogP contribution in [0.1, 0.15) is 30.9 Å². The number of hydrogen-bond donors (Lipinski definition) is 0. The molecule has 1 aliphatic rings. The first-order valence-corrected chi connectivity index (χ1v) is 6.55. The minimum atomic E-state index is 0.184. The molecule has 0 spiro atoms. The zero-order chi connectivity index (χ0) is 12.8. The van der Waals surface area contributed by atoms with Gasteiger partial charge in [0.05, 0.1) is 0 Å². The molecule has 0 bridgehead atoms. The van der Waals surface area contributed by atoms with Crippen molar-refractivity contribution in [3.8, 4) is 0 Å². The zero-order valence-electron chi connectivity index (χ0n) is 11.0. The minimum Gasteiger partial charge on any atom is -0.0984 e. The quantitative estimate of drug-likeness (QED) is 0.669. The molecule has 0 heterocycles. The third kappa shape index (κ3) is 2.70.